The Kier molecular flexibility index (Phi) is 10.5. The number of ether oxygens (including phenoxy) is 2. The van der Waals surface area contributed by atoms with E-state index in [9.17, 15) is 9.59 Å². The molecule has 6 nitrogen and oxygen atoms in total. The van der Waals surface area contributed by atoms with E-state index >= 15 is 0 Å². The molecule has 1 aliphatic carbocycles. The summed E-state index contributed by atoms with van der Waals surface area (Å²) in [6.07, 6.45) is 11.2. The zero-order valence-corrected chi connectivity index (χ0v) is 18.0. The number of rotatable bonds is 11. The fourth-order valence-electron chi connectivity index (χ4n) is 3.65. The van der Waals surface area contributed by atoms with E-state index in [0.717, 1.165) is 49.8 Å². The summed E-state index contributed by atoms with van der Waals surface area (Å²) in [5.41, 5.74) is 1.79. The molecule has 1 aromatic rings. The maximum atomic E-state index is 12.0. The second-order valence-electron chi connectivity index (χ2n) is 8.03. The van der Waals surface area contributed by atoms with Crippen LogP contribution in [0.3, 0.4) is 0 Å². The Morgan fingerprint density at radius 2 is 1.86 bits per heavy atom. The average molecular weight is 405 g/mol. The molecule has 0 spiro atoms. The number of amides is 1. The topological polar surface area (TPSA) is 77.5 Å². The highest BCUT2D eigenvalue weighted by Gasteiger charge is 2.24. The van der Waals surface area contributed by atoms with Crippen molar-refractivity contribution < 1.29 is 19.1 Å². The van der Waals surface area contributed by atoms with E-state index in [4.69, 9.17) is 9.47 Å². The van der Waals surface area contributed by atoms with Crippen LogP contribution in [-0.4, -0.2) is 29.7 Å². The third kappa shape index (κ3) is 9.29. The lowest BCUT2D eigenvalue weighted by atomic mass is 9.86. The lowest BCUT2D eigenvalue weighted by Gasteiger charge is -2.28. The molecule has 1 aromatic heterocycles. The van der Waals surface area contributed by atoms with Crippen LogP contribution < -0.4 is 5.32 Å². The maximum absolute atomic E-state index is 12.0. The van der Waals surface area contributed by atoms with Gasteiger partial charge in [0.1, 0.15) is 6.61 Å². The van der Waals surface area contributed by atoms with Gasteiger partial charge in [-0.25, -0.2) is 4.79 Å². The molecule has 0 unspecified atom stereocenters. The summed E-state index contributed by atoms with van der Waals surface area (Å²) in [7, 11) is 0. The summed E-state index contributed by atoms with van der Waals surface area (Å²) < 4.78 is 10.8. The standard InChI is InChI=1S/C23H36N2O4/c1-3-4-5-6-7-10-22(26)28-16-19-11-13-21(14-12-19)25-23(27)29-17-20-9-8-15-24-18(20)2/h8-9,15,19,21H,3-7,10-14,16-17H2,1-2H3,(H,25,27). The van der Waals surface area contributed by atoms with E-state index in [-0.39, 0.29) is 24.7 Å². The third-order valence-electron chi connectivity index (χ3n) is 5.61. The van der Waals surface area contributed by atoms with Crippen molar-refractivity contribution >= 4 is 12.1 Å². The van der Waals surface area contributed by atoms with Gasteiger partial charge in [0.2, 0.25) is 0 Å². The van der Waals surface area contributed by atoms with Gasteiger partial charge in [0, 0.05) is 29.9 Å². The van der Waals surface area contributed by atoms with E-state index in [1.807, 2.05) is 19.1 Å². The Morgan fingerprint density at radius 3 is 2.59 bits per heavy atom. The Balaban J connectivity index is 1.55. The number of aryl methyl sites for hydroxylation is 1. The van der Waals surface area contributed by atoms with Gasteiger partial charge in [-0.1, -0.05) is 38.7 Å². The minimum atomic E-state index is -0.383. The summed E-state index contributed by atoms with van der Waals surface area (Å²) >= 11 is 0. The lowest BCUT2D eigenvalue weighted by Crippen LogP contribution is -2.38. The van der Waals surface area contributed by atoms with Crippen molar-refractivity contribution in [2.45, 2.75) is 90.7 Å². The number of pyridine rings is 1. The predicted molar refractivity (Wildman–Crippen MR) is 112 cm³/mol. The molecule has 1 fully saturated rings. The average Bonchev–Trinajstić information content (AvgIpc) is 2.72. The normalized spacial score (nSPS) is 18.8. The number of unbranched alkanes of at least 4 members (excludes halogenated alkanes) is 4. The van der Waals surface area contributed by atoms with Crippen LogP contribution in [0.1, 0.15) is 82.4 Å². The molecule has 6 heteroatoms. The van der Waals surface area contributed by atoms with Gasteiger partial charge in [-0.2, -0.15) is 0 Å². The first-order chi connectivity index (χ1) is 14.1. The van der Waals surface area contributed by atoms with Crippen molar-refractivity contribution in [2.24, 2.45) is 5.92 Å². The van der Waals surface area contributed by atoms with E-state index in [1.165, 1.54) is 19.3 Å². The Hall–Kier alpha value is -2.11. The van der Waals surface area contributed by atoms with Gasteiger partial charge in [-0.15, -0.1) is 0 Å². The van der Waals surface area contributed by atoms with Gasteiger partial charge >= 0.3 is 12.1 Å². The van der Waals surface area contributed by atoms with Crippen LogP contribution in [0.5, 0.6) is 0 Å². The molecule has 162 valence electrons. The van der Waals surface area contributed by atoms with E-state index in [2.05, 4.69) is 17.2 Å². The largest absolute Gasteiger partial charge is 0.465 e. The minimum Gasteiger partial charge on any atom is -0.465 e. The van der Waals surface area contributed by atoms with Gasteiger partial charge in [0.05, 0.1) is 6.61 Å². The quantitative estimate of drug-likeness (QED) is 0.411. The van der Waals surface area contributed by atoms with Gasteiger partial charge in [0.15, 0.2) is 0 Å². The number of nitrogens with one attached hydrogen (secondary N) is 1. The molecule has 2 rings (SSSR count). The van der Waals surface area contributed by atoms with Crippen LogP contribution in [0.2, 0.25) is 0 Å². The van der Waals surface area contributed by atoms with Crippen LogP contribution >= 0.6 is 0 Å². The molecule has 0 bridgehead atoms. The molecule has 0 saturated heterocycles. The fraction of sp³-hybridized carbons (Fsp3) is 0.696. The number of nitrogens with zero attached hydrogens (tertiary/aromatic N) is 1. The van der Waals surface area contributed by atoms with Crippen molar-refractivity contribution in [3.63, 3.8) is 0 Å². The minimum absolute atomic E-state index is 0.0731. The molecule has 1 N–H and O–H groups in total. The van der Waals surface area contributed by atoms with E-state index in [1.54, 1.807) is 6.20 Å². The highest BCUT2D eigenvalue weighted by molar-refractivity contribution is 5.69. The smallest absolute Gasteiger partial charge is 0.407 e. The third-order valence-corrected chi connectivity index (χ3v) is 5.61. The highest BCUT2D eigenvalue weighted by Crippen LogP contribution is 2.25. The van der Waals surface area contributed by atoms with Crippen LogP contribution in [0.25, 0.3) is 0 Å². The maximum Gasteiger partial charge on any atom is 0.407 e. The molecule has 0 aromatic carbocycles. The molecule has 0 radical (unpaired) electrons. The van der Waals surface area contributed by atoms with Crippen LogP contribution in [0, 0.1) is 12.8 Å². The first-order valence-corrected chi connectivity index (χ1v) is 11.1. The molecule has 1 saturated carbocycles. The number of carbonyl (C=O) groups is 2. The number of hydrogen-bond acceptors (Lipinski definition) is 5. The van der Waals surface area contributed by atoms with Gasteiger partial charge < -0.3 is 14.8 Å². The Bertz CT molecular complexity index is 627. The zero-order valence-electron chi connectivity index (χ0n) is 18.0. The number of hydrogen-bond donors (Lipinski definition) is 1. The molecule has 0 atom stereocenters. The van der Waals surface area contributed by atoms with Gasteiger partial charge in [0.25, 0.3) is 0 Å². The van der Waals surface area contributed by atoms with Gasteiger partial charge in [-0.05, 0) is 51.0 Å². The second kappa shape index (κ2) is 13.2. The lowest BCUT2D eigenvalue weighted by molar-refractivity contribution is -0.145. The van der Waals surface area contributed by atoms with Crippen molar-refractivity contribution in [1.29, 1.82) is 0 Å². The highest BCUT2D eigenvalue weighted by atomic mass is 16.5. The van der Waals surface area contributed by atoms with Crippen molar-refractivity contribution in [3.05, 3.63) is 29.6 Å². The summed E-state index contributed by atoms with van der Waals surface area (Å²) in [6, 6.07) is 3.88. The number of esters is 1. The number of carbonyl (C=O) groups excluding carboxylic acids is 2. The first-order valence-electron chi connectivity index (χ1n) is 11.1. The summed E-state index contributed by atoms with van der Waals surface area (Å²) in [5, 5.41) is 2.95. The first kappa shape index (κ1) is 23.2. The van der Waals surface area contributed by atoms with Crippen molar-refractivity contribution in [3.8, 4) is 0 Å². The SMILES string of the molecule is CCCCCCCC(=O)OCC1CCC(NC(=O)OCc2cccnc2C)CC1. The Labute approximate surface area is 174 Å². The molecular weight excluding hydrogens is 368 g/mol. The Morgan fingerprint density at radius 1 is 1.10 bits per heavy atom. The summed E-state index contributed by atoms with van der Waals surface area (Å²) in [6.45, 7) is 4.82. The molecule has 1 amide bonds. The molecular formula is C23H36N2O4. The van der Waals surface area contributed by atoms with Crippen LogP contribution in [0.4, 0.5) is 4.79 Å². The van der Waals surface area contributed by atoms with E-state index in [0.29, 0.717) is 18.9 Å². The monoisotopic (exact) mass is 404 g/mol. The van der Waals surface area contributed by atoms with E-state index < -0.39 is 0 Å². The molecule has 1 aliphatic rings. The number of aromatic nitrogens is 1. The van der Waals surface area contributed by atoms with Crippen LogP contribution in [0.15, 0.2) is 18.3 Å². The zero-order chi connectivity index (χ0) is 20.9. The summed E-state index contributed by atoms with van der Waals surface area (Å²) in [5.74, 6) is 0.321. The van der Waals surface area contributed by atoms with Gasteiger partial charge in [-0.3, -0.25) is 9.78 Å². The van der Waals surface area contributed by atoms with Crippen molar-refractivity contribution in [2.75, 3.05) is 6.61 Å². The predicted octanol–water partition coefficient (Wildman–Crippen LogP) is 5.08. The second-order valence-corrected chi connectivity index (χ2v) is 8.03. The molecule has 29 heavy (non-hydrogen) atoms. The van der Waals surface area contributed by atoms with Crippen molar-refractivity contribution in [1.82, 2.24) is 10.3 Å². The molecule has 1 heterocycles. The van der Waals surface area contributed by atoms with Crippen LogP contribution in [-0.2, 0) is 20.9 Å². The summed E-state index contributed by atoms with van der Waals surface area (Å²) in [4.78, 5) is 28.1. The fourth-order valence-corrected chi connectivity index (χ4v) is 3.65. The number of alkyl carbamates (subject to hydrolysis) is 1. The molecule has 0 aliphatic heterocycles.